The van der Waals surface area contributed by atoms with Gasteiger partial charge in [-0.3, -0.25) is 0 Å². The Kier molecular flexibility index (Phi) is 5.43. The first kappa shape index (κ1) is 18.3. The summed E-state index contributed by atoms with van der Waals surface area (Å²) in [6.45, 7) is 10.7. The standard InChI is InChI=1S/C15H26N2O5/c1-14(2,3)21-12(19)16-9-7-8-11(10-18)17(16)13(20)22-15(4,5)6/h10-11H,7-9H2,1-6H3/t11-/m0/s1. The second-order valence-corrected chi connectivity index (χ2v) is 7.27. The predicted octanol–water partition coefficient (Wildman–Crippen LogP) is 2.74. The molecule has 0 N–H and O–H groups in total. The quantitative estimate of drug-likeness (QED) is 0.696. The molecule has 7 heteroatoms. The van der Waals surface area contributed by atoms with E-state index in [-0.39, 0.29) is 0 Å². The van der Waals surface area contributed by atoms with E-state index in [0.29, 0.717) is 25.7 Å². The number of carbonyl (C=O) groups excluding carboxylic acids is 3. The lowest BCUT2D eigenvalue weighted by molar-refractivity contribution is -0.126. The lowest BCUT2D eigenvalue weighted by Crippen LogP contribution is -2.60. The fraction of sp³-hybridized carbons (Fsp3) is 0.800. The van der Waals surface area contributed by atoms with Gasteiger partial charge < -0.3 is 14.3 Å². The van der Waals surface area contributed by atoms with Crippen LogP contribution in [0.1, 0.15) is 54.4 Å². The molecule has 1 atom stereocenters. The number of aldehydes is 1. The molecule has 126 valence electrons. The molecule has 0 bridgehead atoms. The van der Waals surface area contributed by atoms with Gasteiger partial charge in [-0.1, -0.05) is 0 Å². The molecule has 1 aliphatic heterocycles. The van der Waals surface area contributed by atoms with Crippen LogP contribution in [0.5, 0.6) is 0 Å². The highest BCUT2D eigenvalue weighted by atomic mass is 16.6. The number of amides is 2. The molecular formula is C15H26N2O5. The van der Waals surface area contributed by atoms with Crippen molar-refractivity contribution in [3.05, 3.63) is 0 Å². The molecule has 0 radical (unpaired) electrons. The van der Waals surface area contributed by atoms with Gasteiger partial charge in [-0.2, -0.15) is 0 Å². The maximum atomic E-state index is 12.4. The predicted molar refractivity (Wildman–Crippen MR) is 80.1 cm³/mol. The monoisotopic (exact) mass is 314 g/mol. The number of rotatable bonds is 1. The summed E-state index contributed by atoms with van der Waals surface area (Å²) in [7, 11) is 0. The molecule has 0 aliphatic carbocycles. The van der Waals surface area contributed by atoms with Crippen LogP contribution < -0.4 is 0 Å². The summed E-state index contributed by atoms with van der Waals surface area (Å²) in [4.78, 5) is 35.9. The van der Waals surface area contributed by atoms with E-state index in [9.17, 15) is 14.4 Å². The lowest BCUT2D eigenvalue weighted by atomic mass is 10.1. The minimum Gasteiger partial charge on any atom is -0.442 e. The molecule has 1 rings (SSSR count). The first-order chi connectivity index (χ1) is 9.94. The van der Waals surface area contributed by atoms with Crippen molar-refractivity contribution in [3.8, 4) is 0 Å². The third kappa shape index (κ3) is 5.20. The SMILES string of the molecule is CC(C)(C)OC(=O)N1CCC[C@@H](C=O)N1C(=O)OC(C)(C)C. The van der Waals surface area contributed by atoms with Gasteiger partial charge in [-0.05, 0) is 54.4 Å². The second kappa shape index (κ2) is 6.54. The molecule has 1 fully saturated rings. The van der Waals surface area contributed by atoms with Crippen LogP contribution in [0.2, 0.25) is 0 Å². The van der Waals surface area contributed by atoms with Crippen LogP contribution >= 0.6 is 0 Å². The minimum absolute atomic E-state index is 0.304. The van der Waals surface area contributed by atoms with Crippen molar-refractivity contribution in [2.75, 3.05) is 6.54 Å². The van der Waals surface area contributed by atoms with Crippen LogP contribution in [-0.4, -0.2) is 52.3 Å². The Labute approximate surface area is 131 Å². The van der Waals surface area contributed by atoms with Crippen LogP contribution in [0.4, 0.5) is 9.59 Å². The normalized spacial score (nSPS) is 19.6. The van der Waals surface area contributed by atoms with Gasteiger partial charge in [0.15, 0.2) is 0 Å². The van der Waals surface area contributed by atoms with E-state index in [1.807, 2.05) is 0 Å². The molecule has 0 spiro atoms. The first-order valence-corrected chi connectivity index (χ1v) is 7.42. The molecule has 7 nitrogen and oxygen atoms in total. The summed E-state index contributed by atoms with van der Waals surface area (Å²) in [6.07, 6.45) is 0.366. The molecule has 22 heavy (non-hydrogen) atoms. The molecule has 1 saturated heterocycles. The highest BCUT2D eigenvalue weighted by Gasteiger charge is 2.40. The molecule has 0 saturated carbocycles. The molecule has 0 aromatic carbocycles. The zero-order valence-electron chi connectivity index (χ0n) is 14.2. The van der Waals surface area contributed by atoms with E-state index in [4.69, 9.17) is 9.47 Å². The molecule has 0 unspecified atom stereocenters. The van der Waals surface area contributed by atoms with Crippen LogP contribution in [0.3, 0.4) is 0 Å². The minimum atomic E-state index is -0.727. The van der Waals surface area contributed by atoms with Crippen molar-refractivity contribution in [3.63, 3.8) is 0 Å². The van der Waals surface area contributed by atoms with Crippen LogP contribution in [-0.2, 0) is 14.3 Å². The van der Waals surface area contributed by atoms with Gasteiger partial charge in [0.1, 0.15) is 23.5 Å². The highest BCUT2D eigenvalue weighted by Crippen LogP contribution is 2.23. The van der Waals surface area contributed by atoms with Gasteiger partial charge in [0, 0.05) is 6.54 Å². The van der Waals surface area contributed by atoms with E-state index in [2.05, 4.69) is 0 Å². The largest absolute Gasteiger partial charge is 0.442 e. The second-order valence-electron chi connectivity index (χ2n) is 7.27. The number of hydrazine groups is 1. The van der Waals surface area contributed by atoms with Crippen LogP contribution in [0.25, 0.3) is 0 Å². The smallest absolute Gasteiger partial charge is 0.430 e. The van der Waals surface area contributed by atoms with Crippen molar-refractivity contribution in [1.82, 2.24) is 10.0 Å². The Morgan fingerprint density at radius 3 is 1.95 bits per heavy atom. The van der Waals surface area contributed by atoms with Gasteiger partial charge in [-0.25, -0.2) is 19.6 Å². The fourth-order valence-corrected chi connectivity index (χ4v) is 2.02. The number of ether oxygens (including phenoxy) is 2. The van der Waals surface area contributed by atoms with E-state index >= 15 is 0 Å². The fourth-order valence-electron chi connectivity index (χ4n) is 2.02. The van der Waals surface area contributed by atoms with Crippen molar-refractivity contribution in [2.45, 2.75) is 71.6 Å². The summed E-state index contributed by atoms with van der Waals surface area (Å²) in [5.74, 6) is 0. The van der Waals surface area contributed by atoms with Gasteiger partial charge in [-0.15, -0.1) is 0 Å². The molecular weight excluding hydrogens is 288 g/mol. The highest BCUT2D eigenvalue weighted by molar-refractivity contribution is 5.78. The number of hydrogen-bond donors (Lipinski definition) is 0. The number of carbonyl (C=O) groups is 3. The van der Waals surface area contributed by atoms with Gasteiger partial charge in [0.2, 0.25) is 0 Å². The molecule has 0 aromatic heterocycles. The van der Waals surface area contributed by atoms with E-state index in [0.717, 1.165) is 10.0 Å². The van der Waals surface area contributed by atoms with Crippen LogP contribution in [0, 0.1) is 0 Å². The summed E-state index contributed by atoms with van der Waals surface area (Å²) < 4.78 is 10.6. The average molecular weight is 314 g/mol. The maximum absolute atomic E-state index is 12.4. The third-order valence-electron chi connectivity index (χ3n) is 2.79. The van der Waals surface area contributed by atoms with E-state index in [1.165, 1.54) is 0 Å². The first-order valence-electron chi connectivity index (χ1n) is 7.42. The van der Waals surface area contributed by atoms with Gasteiger partial charge >= 0.3 is 12.2 Å². The van der Waals surface area contributed by atoms with Gasteiger partial charge in [0.05, 0.1) is 0 Å². The van der Waals surface area contributed by atoms with E-state index < -0.39 is 29.4 Å². The van der Waals surface area contributed by atoms with E-state index in [1.54, 1.807) is 41.5 Å². The molecule has 2 amide bonds. The topological polar surface area (TPSA) is 76.2 Å². The Hall–Kier alpha value is -1.79. The summed E-state index contributed by atoms with van der Waals surface area (Å²) in [5, 5.41) is 2.22. The maximum Gasteiger partial charge on any atom is 0.430 e. The Morgan fingerprint density at radius 1 is 1.00 bits per heavy atom. The van der Waals surface area contributed by atoms with Gasteiger partial charge in [0.25, 0.3) is 0 Å². The lowest BCUT2D eigenvalue weighted by Gasteiger charge is -2.42. The Bertz CT molecular complexity index is 436. The average Bonchev–Trinajstić information content (AvgIpc) is 2.33. The number of hydrogen-bond acceptors (Lipinski definition) is 5. The Morgan fingerprint density at radius 2 is 1.50 bits per heavy atom. The van der Waals surface area contributed by atoms with Crippen molar-refractivity contribution >= 4 is 18.5 Å². The summed E-state index contributed by atoms with van der Waals surface area (Å²) in [6, 6.07) is -0.726. The van der Waals surface area contributed by atoms with Crippen molar-refractivity contribution in [2.24, 2.45) is 0 Å². The molecule has 1 aliphatic rings. The zero-order valence-corrected chi connectivity index (χ0v) is 14.2. The third-order valence-corrected chi connectivity index (χ3v) is 2.79. The van der Waals surface area contributed by atoms with Crippen LogP contribution in [0.15, 0.2) is 0 Å². The molecule has 1 heterocycles. The van der Waals surface area contributed by atoms with Crippen molar-refractivity contribution < 1.29 is 23.9 Å². The number of nitrogens with zero attached hydrogens (tertiary/aromatic N) is 2. The summed E-state index contributed by atoms with van der Waals surface area (Å²) in [5.41, 5.74) is -1.41. The zero-order chi connectivity index (χ0) is 17.1. The Balaban J connectivity index is 2.98. The van der Waals surface area contributed by atoms with Crippen molar-refractivity contribution in [1.29, 1.82) is 0 Å². The summed E-state index contributed by atoms with van der Waals surface area (Å²) >= 11 is 0. The molecule has 0 aromatic rings.